The van der Waals surface area contributed by atoms with Crippen molar-refractivity contribution >= 4 is 29.0 Å². The summed E-state index contributed by atoms with van der Waals surface area (Å²) < 4.78 is 2.01. The molecule has 1 atom stereocenters. The first-order valence-corrected chi connectivity index (χ1v) is 9.51. The lowest BCUT2D eigenvalue weighted by Gasteiger charge is -2.19. The van der Waals surface area contributed by atoms with Gasteiger partial charge in [-0.1, -0.05) is 24.8 Å². The van der Waals surface area contributed by atoms with Crippen LogP contribution < -0.4 is 5.73 Å². The van der Waals surface area contributed by atoms with Crippen molar-refractivity contribution in [1.82, 2.24) is 14.8 Å². The number of carbonyl (C=O) groups excluding carboxylic acids is 1. The summed E-state index contributed by atoms with van der Waals surface area (Å²) in [5, 5.41) is 11.5. The second kappa shape index (κ2) is 6.88. The number of carbonyl (C=O) groups is 1. The number of primary amides is 1. The number of fused-ring (bicyclic) bond motifs is 1. The molecule has 0 fully saturated rings. The van der Waals surface area contributed by atoms with Gasteiger partial charge in [-0.05, 0) is 30.7 Å². The highest BCUT2D eigenvalue weighted by Crippen LogP contribution is 2.38. The average Bonchev–Trinajstić information content (AvgIpc) is 3.09. The van der Waals surface area contributed by atoms with E-state index in [4.69, 9.17) is 5.73 Å². The Hall–Kier alpha value is -1.60. The summed E-state index contributed by atoms with van der Waals surface area (Å²) >= 11 is 3.14. The van der Waals surface area contributed by atoms with Gasteiger partial charge in [0.2, 0.25) is 5.91 Å². The van der Waals surface area contributed by atoms with E-state index in [1.54, 1.807) is 0 Å². The zero-order valence-corrected chi connectivity index (χ0v) is 14.8. The predicted octanol–water partition coefficient (Wildman–Crippen LogP) is 2.89. The van der Waals surface area contributed by atoms with Gasteiger partial charge in [0.05, 0.1) is 5.75 Å². The molecule has 0 radical (unpaired) electrons. The summed E-state index contributed by atoms with van der Waals surface area (Å²) in [6, 6.07) is 0. The molecule has 1 aliphatic rings. The summed E-state index contributed by atoms with van der Waals surface area (Å²) in [4.78, 5) is 12.5. The van der Waals surface area contributed by atoms with Crippen molar-refractivity contribution < 1.29 is 4.79 Å². The van der Waals surface area contributed by atoms with E-state index in [1.165, 1.54) is 34.2 Å². The number of hydrogen-bond acceptors (Lipinski definition) is 5. The number of aromatic nitrogens is 3. The summed E-state index contributed by atoms with van der Waals surface area (Å²) in [6.07, 6.45) is 5.29. The van der Waals surface area contributed by atoms with Gasteiger partial charge < -0.3 is 5.73 Å². The fourth-order valence-electron chi connectivity index (χ4n) is 2.89. The van der Waals surface area contributed by atoms with Crippen molar-refractivity contribution in [2.45, 2.75) is 37.9 Å². The Bertz CT molecular complexity index is 735. The van der Waals surface area contributed by atoms with Crippen LogP contribution in [0.2, 0.25) is 0 Å². The van der Waals surface area contributed by atoms with Gasteiger partial charge in [-0.25, -0.2) is 0 Å². The molecule has 23 heavy (non-hydrogen) atoms. The molecule has 3 rings (SSSR count). The molecule has 0 bridgehead atoms. The van der Waals surface area contributed by atoms with Crippen molar-refractivity contribution in [3.63, 3.8) is 0 Å². The first-order chi connectivity index (χ1) is 11.1. The number of thioether (sulfide) groups is 1. The van der Waals surface area contributed by atoms with E-state index in [9.17, 15) is 4.79 Å². The van der Waals surface area contributed by atoms with E-state index < -0.39 is 0 Å². The first-order valence-electron chi connectivity index (χ1n) is 7.65. The molecule has 0 saturated heterocycles. The van der Waals surface area contributed by atoms with Crippen LogP contribution in [0.15, 0.2) is 23.2 Å². The molecule has 1 unspecified atom stereocenters. The number of nitrogens with two attached hydrogens (primary N) is 1. The largest absolute Gasteiger partial charge is 0.369 e. The van der Waals surface area contributed by atoms with E-state index in [1.807, 2.05) is 22.0 Å². The van der Waals surface area contributed by atoms with Crippen LogP contribution in [0.25, 0.3) is 11.4 Å². The molecule has 5 nitrogen and oxygen atoms in total. The fraction of sp³-hybridized carbons (Fsp3) is 0.438. The smallest absolute Gasteiger partial charge is 0.227 e. The van der Waals surface area contributed by atoms with Crippen LogP contribution in [-0.4, -0.2) is 26.4 Å². The topological polar surface area (TPSA) is 73.8 Å². The third kappa shape index (κ3) is 3.35. The van der Waals surface area contributed by atoms with Crippen LogP contribution in [-0.2, 0) is 24.2 Å². The van der Waals surface area contributed by atoms with Crippen LogP contribution in [0.5, 0.6) is 0 Å². The lowest BCUT2D eigenvalue weighted by molar-refractivity contribution is -0.115. The Kier molecular flexibility index (Phi) is 4.87. The molecule has 2 aromatic heterocycles. The third-order valence-corrected chi connectivity index (χ3v) is 6.05. The predicted molar refractivity (Wildman–Crippen MR) is 94.6 cm³/mol. The average molecular weight is 348 g/mol. The van der Waals surface area contributed by atoms with Gasteiger partial charge >= 0.3 is 0 Å². The van der Waals surface area contributed by atoms with E-state index in [0.717, 1.165) is 24.6 Å². The maximum Gasteiger partial charge on any atom is 0.227 e. The van der Waals surface area contributed by atoms with Gasteiger partial charge in [-0.3, -0.25) is 9.36 Å². The van der Waals surface area contributed by atoms with Crippen LogP contribution >= 0.6 is 23.1 Å². The van der Waals surface area contributed by atoms with Gasteiger partial charge in [0.1, 0.15) is 0 Å². The van der Waals surface area contributed by atoms with Crippen LogP contribution in [0.4, 0.5) is 0 Å². The van der Waals surface area contributed by atoms with E-state index in [-0.39, 0.29) is 11.7 Å². The van der Waals surface area contributed by atoms with Gasteiger partial charge in [0, 0.05) is 22.4 Å². The minimum atomic E-state index is -0.355. The molecule has 0 spiro atoms. The molecular weight excluding hydrogens is 328 g/mol. The maximum atomic E-state index is 11.0. The zero-order valence-electron chi connectivity index (χ0n) is 13.1. The highest BCUT2D eigenvalue weighted by molar-refractivity contribution is 7.99. The van der Waals surface area contributed by atoms with Crippen molar-refractivity contribution in [3.8, 4) is 11.4 Å². The highest BCUT2D eigenvalue weighted by atomic mass is 32.2. The summed E-state index contributed by atoms with van der Waals surface area (Å²) in [6.45, 7) is 6.74. The van der Waals surface area contributed by atoms with E-state index >= 15 is 0 Å². The molecule has 1 aliphatic carbocycles. The molecular formula is C16H20N4OS2. The van der Waals surface area contributed by atoms with Crippen LogP contribution in [0, 0.1) is 5.92 Å². The lowest BCUT2D eigenvalue weighted by atomic mass is 9.88. The Labute approximate surface area is 144 Å². The van der Waals surface area contributed by atoms with Crippen LogP contribution in [0.1, 0.15) is 23.8 Å². The standard InChI is InChI=1S/C16H20N4OS2/c1-3-6-20-15(18-19-16(20)23-9-14(17)21)12-8-22-13-7-10(2)4-5-11(12)13/h3,8,10H,1,4-7,9H2,2H3,(H2,17,21). The van der Waals surface area contributed by atoms with Crippen LogP contribution in [0.3, 0.4) is 0 Å². The summed E-state index contributed by atoms with van der Waals surface area (Å²) in [5.41, 5.74) is 7.83. The maximum absolute atomic E-state index is 11.0. The number of rotatable bonds is 6. The summed E-state index contributed by atoms with van der Waals surface area (Å²) in [5.74, 6) is 1.46. The monoisotopic (exact) mass is 348 g/mol. The minimum Gasteiger partial charge on any atom is -0.369 e. The Morgan fingerprint density at radius 1 is 1.61 bits per heavy atom. The van der Waals surface area contributed by atoms with Gasteiger partial charge in [-0.15, -0.1) is 28.1 Å². The molecule has 7 heteroatoms. The number of hydrogen-bond donors (Lipinski definition) is 1. The van der Waals surface area contributed by atoms with Crippen molar-refractivity contribution in [2.24, 2.45) is 11.7 Å². The van der Waals surface area contributed by atoms with Gasteiger partial charge in [0.25, 0.3) is 0 Å². The Morgan fingerprint density at radius 2 is 2.43 bits per heavy atom. The number of amides is 1. The number of thiophene rings is 1. The first kappa shape index (κ1) is 16.3. The van der Waals surface area contributed by atoms with Crippen molar-refractivity contribution in [2.75, 3.05) is 5.75 Å². The zero-order chi connectivity index (χ0) is 16.4. The van der Waals surface area contributed by atoms with Gasteiger partial charge in [-0.2, -0.15) is 0 Å². The van der Waals surface area contributed by atoms with Gasteiger partial charge in [0.15, 0.2) is 11.0 Å². The third-order valence-electron chi connectivity index (χ3n) is 4.01. The molecule has 2 N–H and O–H groups in total. The second-order valence-electron chi connectivity index (χ2n) is 5.86. The molecule has 2 aromatic rings. The molecule has 0 saturated carbocycles. The molecule has 0 aromatic carbocycles. The van der Waals surface area contributed by atoms with E-state index in [2.05, 4.69) is 29.1 Å². The second-order valence-corrected chi connectivity index (χ2v) is 7.77. The highest BCUT2D eigenvalue weighted by Gasteiger charge is 2.24. The Balaban J connectivity index is 1.96. The van der Waals surface area contributed by atoms with Crippen molar-refractivity contribution in [1.29, 1.82) is 0 Å². The number of nitrogens with zero attached hydrogens (tertiary/aromatic N) is 3. The SMILES string of the molecule is C=CCn1c(SCC(N)=O)nnc1-c1csc2c1CCC(C)C2. The molecule has 2 heterocycles. The molecule has 122 valence electrons. The Morgan fingerprint density at radius 3 is 3.17 bits per heavy atom. The minimum absolute atomic E-state index is 0.203. The van der Waals surface area contributed by atoms with Crippen molar-refractivity contribution in [3.05, 3.63) is 28.5 Å². The quantitative estimate of drug-likeness (QED) is 0.643. The summed E-state index contributed by atoms with van der Waals surface area (Å²) in [7, 11) is 0. The molecule has 0 aliphatic heterocycles. The van der Waals surface area contributed by atoms with E-state index in [0.29, 0.717) is 11.7 Å². The number of allylic oxidation sites excluding steroid dienone is 1. The fourth-order valence-corrected chi connectivity index (χ4v) is 4.82. The lowest BCUT2D eigenvalue weighted by Crippen LogP contribution is -2.14. The normalized spacial score (nSPS) is 17.0. The molecule has 1 amide bonds.